The molecule has 1 aromatic carbocycles. The Bertz CT molecular complexity index is 622. The van der Waals surface area contributed by atoms with Crippen molar-refractivity contribution in [2.24, 2.45) is 0 Å². The monoisotopic (exact) mass is 281 g/mol. The minimum atomic E-state index is -3.45. The molecule has 1 unspecified atom stereocenters. The number of aromatic nitrogens is 3. The lowest BCUT2D eigenvalue weighted by Gasteiger charge is -2.11. The van der Waals surface area contributed by atoms with Crippen LogP contribution < -0.4 is 10.5 Å². The molecule has 102 valence electrons. The van der Waals surface area contributed by atoms with Crippen LogP contribution in [-0.4, -0.2) is 23.6 Å². The van der Waals surface area contributed by atoms with E-state index in [4.69, 9.17) is 5.73 Å². The number of H-pyrrole nitrogens is 1. The highest BCUT2D eigenvalue weighted by Crippen LogP contribution is 2.12. The van der Waals surface area contributed by atoms with E-state index in [1.165, 1.54) is 6.33 Å². The highest BCUT2D eigenvalue weighted by molar-refractivity contribution is 7.88. The van der Waals surface area contributed by atoms with Gasteiger partial charge in [0.1, 0.15) is 12.2 Å². The average Bonchev–Trinajstić information content (AvgIpc) is 2.85. The lowest BCUT2D eigenvalue weighted by Crippen LogP contribution is -2.28. The Kier molecular flexibility index (Phi) is 3.82. The molecular formula is C11H15N5O2S. The lowest BCUT2D eigenvalue weighted by atomic mass is 10.2. The second-order valence-electron chi connectivity index (χ2n) is 4.21. The second-order valence-corrected chi connectivity index (χ2v) is 5.96. The maximum absolute atomic E-state index is 12.0. The summed E-state index contributed by atoms with van der Waals surface area (Å²) in [5, 5.41) is 6.31. The summed E-state index contributed by atoms with van der Waals surface area (Å²) in [6, 6.07) is 6.26. The number of rotatable bonds is 5. The van der Waals surface area contributed by atoms with Crippen molar-refractivity contribution >= 4 is 15.7 Å². The first-order valence-electron chi connectivity index (χ1n) is 5.66. The van der Waals surface area contributed by atoms with Gasteiger partial charge in [0.2, 0.25) is 10.0 Å². The predicted octanol–water partition coefficient (Wildman–Crippen LogP) is 0.567. The average molecular weight is 281 g/mol. The van der Waals surface area contributed by atoms with E-state index in [-0.39, 0.29) is 5.75 Å². The molecule has 0 amide bonds. The van der Waals surface area contributed by atoms with Gasteiger partial charge in [-0.3, -0.25) is 5.10 Å². The number of anilines is 1. The van der Waals surface area contributed by atoms with Crippen LogP contribution in [0, 0.1) is 0 Å². The van der Waals surface area contributed by atoms with Crippen LogP contribution in [-0.2, 0) is 15.8 Å². The van der Waals surface area contributed by atoms with Gasteiger partial charge < -0.3 is 5.73 Å². The minimum absolute atomic E-state index is 0.105. The maximum Gasteiger partial charge on any atom is 0.216 e. The van der Waals surface area contributed by atoms with Gasteiger partial charge in [-0.2, -0.15) is 5.10 Å². The number of nitrogens with one attached hydrogen (secondary N) is 2. The fraction of sp³-hybridized carbons (Fsp3) is 0.273. The van der Waals surface area contributed by atoms with Crippen molar-refractivity contribution in [3.8, 4) is 0 Å². The third kappa shape index (κ3) is 3.76. The van der Waals surface area contributed by atoms with Crippen LogP contribution in [0.15, 0.2) is 30.6 Å². The molecule has 7 nitrogen and oxygen atoms in total. The van der Waals surface area contributed by atoms with E-state index in [1.807, 2.05) is 0 Å². The number of hydrogen-bond donors (Lipinski definition) is 3. The van der Waals surface area contributed by atoms with Crippen molar-refractivity contribution in [1.82, 2.24) is 19.9 Å². The quantitative estimate of drug-likeness (QED) is 0.693. The Morgan fingerprint density at radius 1 is 1.37 bits per heavy atom. The first-order valence-corrected chi connectivity index (χ1v) is 7.31. The molecule has 0 aliphatic heterocycles. The summed E-state index contributed by atoms with van der Waals surface area (Å²) in [6.07, 6.45) is 1.33. The van der Waals surface area contributed by atoms with Gasteiger partial charge in [0.25, 0.3) is 0 Å². The summed E-state index contributed by atoms with van der Waals surface area (Å²) < 4.78 is 26.5. The molecule has 1 aromatic heterocycles. The van der Waals surface area contributed by atoms with E-state index in [1.54, 1.807) is 31.2 Å². The molecule has 0 aliphatic rings. The number of aromatic amines is 1. The Hall–Kier alpha value is -1.93. The topological polar surface area (TPSA) is 114 Å². The van der Waals surface area contributed by atoms with Crippen molar-refractivity contribution in [3.63, 3.8) is 0 Å². The van der Waals surface area contributed by atoms with Crippen LogP contribution in [0.4, 0.5) is 5.69 Å². The van der Waals surface area contributed by atoms with Gasteiger partial charge in [-0.25, -0.2) is 18.1 Å². The Balaban J connectivity index is 2.04. The third-order valence-corrected chi connectivity index (χ3v) is 3.96. The molecule has 0 radical (unpaired) electrons. The first kappa shape index (κ1) is 13.5. The Labute approximate surface area is 111 Å². The number of sulfonamides is 1. The molecule has 8 heteroatoms. The van der Waals surface area contributed by atoms with Gasteiger partial charge in [-0.1, -0.05) is 12.1 Å². The van der Waals surface area contributed by atoms with Crippen molar-refractivity contribution in [2.75, 3.05) is 5.73 Å². The SMILES string of the molecule is CC(NS(=O)(=O)Cc1ccc(N)cc1)c1ncn[nH]1. The highest BCUT2D eigenvalue weighted by Gasteiger charge is 2.18. The number of nitrogen functional groups attached to an aromatic ring is 1. The molecule has 4 N–H and O–H groups in total. The van der Waals surface area contributed by atoms with Gasteiger partial charge in [0.05, 0.1) is 11.8 Å². The zero-order chi connectivity index (χ0) is 13.9. The minimum Gasteiger partial charge on any atom is -0.399 e. The van der Waals surface area contributed by atoms with E-state index in [0.717, 1.165) is 0 Å². The smallest absolute Gasteiger partial charge is 0.216 e. The number of hydrogen-bond acceptors (Lipinski definition) is 5. The van der Waals surface area contributed by atoms with E-state index >= 15 is 0 Å². The molecule has 1 heterocycles. The largest absolute Gasteiger partial charge is 0.399 e. The first-order chi connectivity index (χ1) is 8.96. The van der Waals surface area contributed by atoms with Crippen LogP contribution in [0.25, 0.3) is 0 Å². The molecular weight excluding hydrogens is 266 g/mol. The van der Waals surface area contributed by atoms with Gasteiger partial charge >= 0.3 is 0 Å². The molecule has 2 rings (SSSR count). The summed E-state index contributed by atoms with van der Waals surface area (Å²) in [7, 11) is -3.45. The Morgan fingerprint density at radius 3 is 2.63 bits per heavy atom. The van der Waals surface area contributed by atoms with Gasteiger partial charge in [0, 0.05) is 5.69 Å². The molecule has 0 spiro atoms. The summed E-state index contributed by atoms with van der Waals surface area (Å²) >= 11 is 0. The van der Waals surface area contributed by atoms with Gasteiger partial charge in [-0.15, -0.1) is 0 Å². The van der Waals surface area contributed by atoms with Gasteiger partial charge in [0.15, 0.2) is 0 Å². The van der Waals surface area contributed by atoms with Crippen LogP contribution in [0.3, 0.4) is 0 Å². The Morgan fingerprint density at radius 2 is 2.05 bits per heavy atom. The standard InChI is InChI=1S/C11H15N5O2S/c1-8(11-13-7-14-15-11)16-19(17,18)6-9-2-4-10(12)5-3-9/h2-5,7-8,16H,6,12H2,1H3,(H,13,14,15). The summed E-state index contributed by atoms with van der Waals surface area (Å²) in [5.41, 5.74) is 6.82. The van der Waals surface area contributed by atoms with Crippen molar-refractivity contribution in [2.45, 2.75) is 18.7 Å². The molecule has 0 aliphatic carbocycles. The summed E-state index contributed by atoms with van der Waals surface area (Å²) in [6.45, 7) is 1.70. The second kappa shape index (κ2) is 5.37. The molecule has 0 fully saturated rings. The van der Waals surface area contributed by atoms with Crippen molar-refractivity contribution < 1.29 is 8.42 Å². The molecule has 2 aromatic rings. The van der Waals surface area contributed by atoms with Crippen molar-refractivity contribution in [1.29, 1.82) is 0 Å². The van der Waals surface area contributed by atoms with E-state index in [0.29, 0.717) is 17.1 Å². The van der Waals surface area contributed by atoms with E-state index < -0.39 is 16.1 Å². The maximum atomic E-state index is 12.0. The number of nitrogens with zero attached hydrogens (tertiary/aromatic N) is 2. The summed E-state index contributed by atoms with van der Waals surface area (Å²) in [5.74, 6) is 0.368. The van der Waals surface area contributed by atoms with Crippen LogP contribution in [0.5, 0.6) is 0 Å². The van der Waals surface area contributed by atoms with E-state index in [2.05, 4.69) is 19.9 Å². The number of benzene rings is 1. The zero-order valence-electron chi connectivity index (χ0n) is 10.4. The third-order valence-electron chi connectivity index (χ3n) is 2.54. The van der Waals surface area contributed by atoms with Crippen LogP contribution in [0.2, 0.25) is 0 Å². The molecule has 0 saturated carbocycles. The fourth-order valence-corrected chi connectivity index (χ4v) is 2.99. The van der Waals surface area contributed by atoms with Gasteiger partial charge in [-0.05, 0) is 24.6 Å². The molecule has 1 atom stereocenters. The van der Waals surface area contributed by atoms with Crippen LogP contribution in [0.1, 0.15) is 24.4 Å². The zero-order valence-corrected chi connectivity index (χ0v) is 11.2. The van der Waals surface area contributed by atoms with E-state index in [9.17, 15) is 8.42 Å². The lowest BCUT2D eigenvalue weighted by molar-refractivity contribution is 0.559. The van der Waals surface area contributed by atoms with Crippen molar-refractivity contribution in [3.05, 3.63) is 42.0 Å². The molecule has 19 heavy (non-hydrogen) atoms. The summed E-state index contributed by atoms with van der Waals surface area (Å²) in [4.78, 5) is 3.91. The molecule has 0 bridgehead atoms. The fourth-order valence-electron chi connectivity index (χ4n) is 1.62. The predicted molar refractivity (Wildman–Crippen MR) is 71.4 cm³/mol. The number of nitrogens with two attached hydrogens (primary N) is 1. The normalized spacial score (nSPS) is 13.3. The van der Waals surface area contributed by atoms with Crippen LogP contribution >= 0.6 is 0 Å². The molecule has 0 saturated heterocycles. The highest BCUT2D eigenvalue weighted by atomic mass is 32.2.